The molecular weight excluding hydrogens is 257 g/mol. The molecule has 1 aliphatic rings. The zero-order chi connectivity index (χ0) is 14.0. The third-order valence-corrected chi connectivity index (χ3v) is 3.47. The smallest absolute Gasteiger partial charge is 0.379 e. The summed E-state index contributed by atoms with van der Waals surface area (Å²) >= 11 is 0. The van der Waals surface area contributed by atoms with Gasteiger partial charge in [-0.3, -0.25) is 10.00 Å². The van der Waals surface area contributed by atoms with Crippen LogP contribution in [0.3, 0.4) is 0 Å². The van der Waals surface area contributed by atoms with Crippen LogP contribution in [0, 0.1) is 13.8 Å². The number of anilines is 1. The van der Waals surface area contributed by atoms with Crippen molar-refractivity contribution in [3.63, 3.8) is 0 Å². The first kappa shape index (κ1) is 14.2. The number of halogens is 3. The van der Waals surface area contributed by atoms with Crippen LogP contribution in [0.1, 0.15) is 24.2 Å². The lowest BCUT2D eigenvalue weighted by Crippen LogP contribution is -2.43. The van der Waals surface area contributed by atoms with Crippen LogP contribution in [-0.4, -0.2) is 46.9 Å². The van der Waals surface area contributed by atoms with Crippen LogP contribution < -0.4 is 5.32 Å². The maximum Gasteiger partial charge on any atom is 0.401 e. The molecule has 2 N–H and O–H groups in total. The number of likely N-dealkylation sites (tertiary alicyclic amines) is 1. The summed E-state index contributed by atoms with van der Waals surface area (Å²) in [5, 5.41) is 10.4. The molecule has 0 amide bonds. The number of nitrogens with one attached hydrogen (secondary N) is 2. The minimum Gasteiger partial charge on any atom is -0.379 e. The lowest BCUT2D eigenvalue weighted by Gasteiger charge is -2.33. The number of nitrogens with zero attached hydrogens (tertiary/aromatic N) is 2. The molecule has 19 heavy (non-hydrogen) atoms. The molecule has 0 bridgehead atoms. The SMILES string of the molecule is Cc1n[nH]c(C)c1NC1CCN(CC(F)(F)F)CC1. The van der Waals surface area contributed by atoms with Gasteiger partial charge in [-0.1, -0.05) is 0 Å². The number of piperidine rings is 1. The number of hydrogen-bond donors (Lipinski definition) is 2. The van der Waals surface area contributed by atoms with Crippen LogP contribution in [0.5, 0.6) is 0 Å². The summed E-state index contributed by atoms with van der Waals surface area (Å²) in [4.78, 5) is 1.47. The predicted octanol–water partition coefficient (Wildman–Crippen LogP) is 2.47. The van der Waals surface area contributed by atoms with E-state index in [2.05, 4.69) is 15.5 Å². The van der Waals surface area contributed by atoms with Crippen LogP contribution in [0.4, 0.5) is 18.9 Å². The quantitative estimate of drug-likeness (QED) is 0.891. The van der Waals surface area contributed by atoms with E-state index in [1.54, 1.807) is 0 Å². The van der Waals surface area contributed by atoms with Gasteiger partial charge in [0.25, 0.3) is 0 Å². The van der Waals surface area contributed by atoms with Gasteiger partial charge in [0.15, 0.2) is 0 Å². The second-order valence-electron chi connectivity index (χ2n) is 5.12. The summed E-state index contributed by atoms with van der Waals surface area (Å²) in [6, 6.07) is 0.222. The van der Waals surface area contributed by atoms with Crippen molar-refractivity contribution in [1.29, 1.82) is 0 Å². The lowest BCUT2D eigenvalue weighted by atomic mass is 10.0. The van der Waals surface area contributed by atoms with Gasteiger partial charge in [0.1, 0.15) is 0 Å². The Balaban J connectivity index is 1.84. The van der Waals surface area contributed by atoms with Gasteiger partial charge in [-0.2, -0.15) is 18.3 Å². The Labute approximate surface area is 110 Å². The zero-order valence-electron chi connectivity index (χ0n) is 11.1. The highest BCUT2D eigenvalue weighted by Crippen LogP contribution is 2.23. The molecule has 1 aromatic rings. The van der Waals surface area contributed by atoms with Gasteiger partial charge in [-0.15, -0.1) is 0 Å². The van der Waals surface area contributed by atoms with Gasteiger partial charge in [0, 0.05) is 19.1 Å². The molecule has 0 spiro atoms. The summed E-state index contributed by atoms with van der Waals surface area (Å²) in [5.41, 5.74) is 2.85. The van der Waals surface area contributed by atoms with E-state index in [0.29, 0.717) is 13.1 Å². The van der Waals surface area contributed by atoms with Crippen molar-refractivity contribution in [3.05, 3.63) is 11.4 Å². The van der Waals surface area contributed by atoms with Crippen molar-refractivity contribution in [3.8, 4) is 0 Å². The van der Waals surface area contributed by atoms with Crippen LogP contribution in [-0.2, 0) is 0 Å². The summed E-state index contributed by atoms with van der Waals surface area (Å²) in [5.74, 6) is 0. The van der Waals surface area contributed by atoms with Crippen LogP contribution in [0.15, 0.2) is 0 Å². The Morgan fingerprint density at radius 2 is 1.95 bits per heavy atom. The van der Waals surface area contributed by atoms with E-state index in [0.717, 1.165) is 29.9 Å². The predicted molar refractivity (Wildman–Crippen MR) is 67.2 cm³/mol. The number of alkyl halides is 3. The Morgan fingerprint density at radius 1 is 1.32 bits per heavy atom. The molecule has 0 unspecified atom stereocenters. The van der Waals surface area contributed by atoms with E-state index in [4.69, 9.17) is 0 Å². The molecule has 0 atom stereocenters. The Kier molecular flexibility index (Phi) is 4.03. The fourth-order valence-corrected chi connectivity index (χ4v) is 2.46. The van der Waals surface area contributed by atoms with Crippen molar-refractivity contribution in [2.75, 3.05) is 25.0 Å². The van der Waals surface area contributed by atoms with E-state index in [-0.39, 0.29) is 6.04 Å². The summed E-state index contributed by atoms with van der Waals surface area (Å²) < 4.78 is 36.8. The third-order valence-electron chi connectivity index (χ3n) is 3.47. The second-order valence-corrected chi connectivity index (χ2v) is 5.12. The molecule has 0 aromatic carbocycles. The first-order valence-corrected chi connectivity index (χ1v) is 6.42. The fourth-order valence-electron chi connectivity index (χ4n) is 2.46. The Hall–Kier alpha value is -1.24. The largest absolute Gasteiger partial charge is 0.401 e. The Bertz CT molecular complexity index is 400. The van der Waals surface area contributed by atoms with Crippen molar-refractivity contribution in [2.45, 2.75) is 38.9 Å². The first-order chi connectivity index (χ1) is 8.85. The number of aryl methyl sites for hydroxylation is 2. The average molecular weight is 276 g/mol. The highest BCUT2D eigenvalue weighted by molar-refractivity contribution is 5.52. The van der Waals surface area contributed by atoms with Crippen LogP contribution >= 0.6 is 0 Å². The number of hydrogen-bond acceptors (Lipinski definition) is 3. The lowest BCUT2D eigenvalue weighted by molar-refractivity contribution is -0.147. The maximum absolute atomic E-state index is 12.3. The van der Waals surface area contributed by atoms with Gasteiger partial charge in [-0.05, 0) is 26.7 Å². The van der Waals surface area contributed by atoms with Gasteiger partial charge in [0.05, 0.1) is 23.6 Å². The highest BCUT2D eigenvalue weighted by atomic mass is 19.4. The van der Waals surface area contributed by atoms with Crippen molar-refractivity contribution < 1.29 is 13.2 Å². The zero-order valence-corrected chi connectivity index (χ0v) is 11.1. The normalized spacial score (nSPS) is 18.8. The molecule has 1 aliphatic heterocycles. The van der Waals surface area contributed by atoms with Crippen molar-refractivity contribution >= 4 is 5.69 Å². The maximum atomic E-state index is 12.3. The first-order valence-electron chi connectivity index (χ1n) is 6.42. The molecule has 1 aromatic heterocycles. The van der Waals surface area contributed by atoms with E-state index >= 15 is 0 Å². The molecule has 7 heteroatoms. The fraction of sp³-hybridized carbons (Fsp3) is 0.750. The molecule has 2 rings (SSSR count). The molecule has 1 fully saturated rings. The number of H-pyrrole nitrogens is 1. The average Bonchev–Trinajstić information content (AvgIpc) is 2.61. The topological polar surface area (TPSA) is 44.0 Å². The number of rotatable bonds is 3. The molecule has 1 saturated heterocycles. The van der Waals surface area contributed by atoms with E-state index in [1.807, 2.05) is 13.8 Å². The molecular formula is C12H19F3N4. The molecule has 2 heterocycles. The molecule has 108 valence electrons. The number of aromatic amines is 1. The monoisotopic (exact) mass is 276 g/mol. The van der Waals surface area contributed by atoms with Gasteiger partial charge in [0.2, 0.25) is 0 Å². The van der Waals surface area contributed by atoms with Crippen molar-refractivity contribution in [2.24, 2.45) is 0 Å². The minimum absolute atomic E-state index is 0.222. The minimum atomic E-state index is -4.10. The van der Waals surface area contributed by atoms with Gasteiger partial charge in [-0.25, -0.2) is 0 Å². The van der Waals surface area contributed by atoms with Crippen LogP contribution in [0.2, 0.25) is 0 Å². The standard InChI is InChI=1S/C12H19F3N4/c1-8-11(9(2)18-17-8)16-10-3-5-19(6-4-10)7-12(13,14)15/h10,16H,3-7H2,1-2H3,(H,17,18). The Morgan fingerprint density at radius 3 is 2.42 bits per heavy atom. The van der Waals surface area contributed by atoms with E-state index in [9.17, 15) is 13.2 Å². The summed E-state index contributed by atoms with van der Waals surface area (Å²) in [7, 11) is 0. The molecule has 0 aliphatic carbocycles. The third kappa shape index (κ3) is 3.86. The van der Waals surface area contributed by atoms with Gasteiger partial charge < -0.3 is 5.32 Å². The number of aromatic nitrogens is 2. The van der Waals surface area contributed by atoms with E-state index in [1.165, 1.54) is 4.90 Å². The highest BCUT2D eigenvalue weighted by Gasteiger charge is 2.32. The molecule has 4 nitrogen and oxygen atoms in total. The van der Waals surface area contributed by atoms with Crippen molar-refractivity contribution in [1.82, 2.24) is 15.1 Å². The molecule has 0 saturated carbocycles. The van der Waals surface area contributed by atoms with E-state index < -0.39 is 12.7 Å². The summed E-state index contributed by atoms with van der Waals surface area (Å²) in [6.45, 7) is 4.00. The molecule has 0 radical (unpaired) electrons. The second kappa shape index (κ2) is 5.40. The summed E-state index contributed by atoms with van der Waals surface area (Å²) in [6.07, 6.45) is -2.65. The van der Waals surface area contributed by atoms with Crippen LogP contribution in [0.25, 0.3) is 0 Å². The van der Waals surface area contributed by atoms with Gasteiger partial charge >= 0.3 is 6.18 Å².